The topological polar surface area (TPSA) is 12.9 Å². The second-order valence-corrected chi connectivity index (χ2v) is 9.08. The highest BCUT2D eigenvalue weighted by molar-refractivity contribution is 7.23. The number of nitrogens with zero attached hydrogens (tertiary/aromatic N) is 1. The van der Waals surface area contributed by atoms with E-state index in [1.807, 2.05) is 11.3 Å². The van der Waals surface area contributed by atoms with E-state index in [0.29, 0.717) is 0 Å². The number of aromatic nitrogens is 1. The number of pyridine rings is 1. The fraction of sp³-hybridized carbons (Fsp3) is 0. The van der Waals surface area contributed by atoms with Gasteiger partial charge in [-0.1, -0.05) is 109 Å². The second kappa shape index (κ2) is 8.50. The molecule has 2 heterocycles. The lowest BCUT2D eigenvalue weighted by atomic mass is 10.00. The van der Waals surface area contributed by atoms with E-state index in [2.05, 4.69) is 127 Å². The molecule has 0 atom stereocenters. The molecular weight excluding hydrogens is 418 g/mol. The van der Waals surface area contributed by atoms with Crippen LogP contribution >= 0.6 is 11.3 Å². The quantitative estimate of drug-likeness (QED) is 0.267. The highest BCUT2D eigenvalue weighted by atomic mass is 32.1. The zero-order chi connectivity index (χ0) is 22.0. The van der Waals surface area contributed by atoms with Crippen LogP contribution in [0.5, 0.6) is 0 Å². The summed E-state index contributed by atoms with van der Waals surface area (Å²) in [5, 5.41) is 0. The Bertz CT molecular complexity index is 1530. The molecule has 156 valence electrons. The summed E-state index contributed by atoms with van der Waals surface area (Å²) in [4.78, 5) is 6.48. The summed E-state index contributed by atoms with van der Waals surface area (Å²) in [7, 11) is 0. The summed E-state index contributed by atoms with van der Waals surface area (Å²) in [5.41, 5.74) is 9.24. The smallest absolute Gasteiger partial charge is 0.0902 e. The minimum atomic E-state index is 0.995. The molecule has 0 aliphatic carbocycles. The maximum Gasteiger partial charge on any atom is 0.0902 e. The van der Waals surface area contributed by atoms with Crippen LogP contribution < -0.4 is 0 Å². The van der Waals surface area contributed by atoms with Crippen molar-refractivity contribution in [1.82, 2.24) is 4.98 Å². The number of hydrogen-bond donors (Lipinski definition) is 0. The molecule has 6 aromatic rings. The Morgan fingerprint density at radius 1 is 0.455 bits per heavy atom. The van der Waals surface area contributed by atoms with Crippen molar-refractivity contribution in [2.24, 2.45) is 0 Å². The lowest BCUT2D eigenvalue weighted by Gasteiger charge is -2.08. The van der Waals surface area contributed by atoms with Gasteiger partial charge >= 0.3 is 0 Å². The van der Waals surface area contributed by atoms with Crippen molar-refractivity contribution in [2.45, 2.75) is 0 Å². The van der Waals surface area contributed by atoms with Gasteiger partial charge in [-0.15, -0.1) is 11.3 Å². The molecule has 0 saturated heterocycles. The first-order chi connectivity index (χ1) is 16.4. The molecule has 0 unspecified atom stereocenters. The minimum Gasteiger partial charge on any atom is -0.246 e. The maximum absolute atomic E-state index is 5.21. The molecule has 0 amide bonds. The Hall–Kier alpha value is -4.01. The van der Waals surface area contributed by atoms with Crippen LogP contribution in [0.25, 0.3) is 54.2 Å². The van der Waals surface area contributed by atoms with Gasteiger partial charge in [0.2, 0.25) is 0 Å². The van der Waals surface area contributed by atoms with Crippen LogP contribution in [-0.2, 0) is 0 Å². The van der Waals surface area contributed by atoms with Crippen molar-refractivity contribution >= 4 is 21.6 Å². The molecule has 2 aromatic heterocycles. The highest BCUT2D eigenvalue weighted by Gasteiger charge is 2.17. The van der Waals surface area contributed by atoms with Gasteiger partial charge in [-0.25, -0.2) is 4.98 Å². The van der Waals surface area contributed by atoms with E-state index in [1.165, 1.54) is 37.4 Å². The molecule has 0 N–H and O–H groups in total. The lowest BCUT2D eigenvalue weighted by molar-refractivity contribution is 1.41. The van der Waals surface area contributed by atoms with Crippen LogP contribution in [0.3, 0.4) is 0 Å². The second-order valence-electron chi connectivity index (χ2n) is 8.03. The Morgan fingerprint density at radius 3 is 1.73 bits per heavy atom. The third-order valence-electron chi connectivity index (χ3n) is 5.90. The van der Waals surface area contributed by atoms with Gasteiger partial charge in [0.05, 0.1) is 15.9 Å². The monoisotopic (exact) mass is 439 g/mol. The first-order valence-electron chi connectivity index (χ1n) is 11.1. The van der Waals surface area contributed by atoms with E-state index >= 15 is 0 Å². The van der Waals surface area contributed by atoms with Crippen molar-refractivity contribution in [3.63, 3.8) is 0 Å². The average Bonchev–Trinajstić information content (AvgIpc) is 3.29. The fourth-order valence-corrected chi connectivity index (χ4v) is 5.46. The normalized spacial score (nSPS) is 11.0. The molecule has 0 aliphatic rings. The molecule has 33 heavy (non-hydrogen) atoms. The van der Waals surface area contributed by atoms with Gasteiger partial charge in [-0.05, 0) is 40.5 Å². The van der Waals surface area contributed by atoms with E-state index in [9.17, 15) is 0 Å². The van der Waals surface area contributed by atoms with E-state index in [-0.39, 0.29) is 0 Å². The van der Waals surface area contributed by atoms with Gasteiger partial charge < -0.3 is 0 Å². The molecule has 0 spiro atoms. The summed E-state index contributed by atoms with van der Waals surface area (Å²) in [6.45, 7) is 0. The van der Waals surface area contributed by atoms with Gasteiger partial charge in [0.15, 0.2) is 0 Å². The van der Waals surface area contributed by atoms with Gasteiger partial charge in [-0.3, -0.25) is 0 Å². The lowest BCUT2D eigenvalue weighted by Crippen LogP contribution is -1.87. The number of thiophene rings is 1. The van der Waals surface area contributed by atoms with Crippen molar-refractivity contribution in [3.05, 3.63) is 127 Å². The van der Waals surface area contributed by atoms with Crippen LogP contribution in [0, 0.1) is 0 Å². The van der Waals surface area contributed by atoms with Crippen molar-refractivity contribution < 1.29 is 0 Å². The van der Waals surface area contributed by atoms with Crippen molar-refractivity contribution in [2.75, 3.05) is 0 Å². The SMILES string of the molecule is c1ccc(-c2cccc(-c3ccc4sc(-c5ccccc5)c(-c5ccccc5)c4n3)c2)cc1. The van der Waals surface area contributed by atoms with Gasteiger partial charge in [0.25, 0.3) is 0 Å². The predicted octanol–water partition coefficient (Wildman–Crippen LogP) is 8.96. The first kappa shape index (κ1) is 19.7. The van der Waals surface area contributed by atoms with Gasteiger partial charge in [0.1, 0.15) is 0 Å². The van der Waals surface area contributed by atoms with E-state index in [1.54, 1.807) is 0 Å². The number of fused-ring (bicyclic) bond motifs is 1. The van der Waals surface area contributed by atoms with Gasteiger partial charge in [-0.2, -0.15) is 0 Å². The molecule has 1 nitrogen and oxygen atoms in total. The molecule has 0 radical (unpaired) electrons. The van der Waals surface area contributed by atoms with Crippen LogP contribution in [0.15, 0.2) is 127 Å². The predicted molar refractivity (Wildman–Crippen MR) is 141 cm³/mol. The number of rotatable bonds is 4. The summed E-state index contributed by atoms with van der Waals surface area (Å²) in [5.74, 6) is 0. The molecule has 0 aliphatic heterocycles. The number of hydrogen-bond acceptors (Lipinski definition) is 2. The average molecular weight is 440 g/mol. The Morgan fingerprint density at radius 2 is 1.03 bits per heavy atom. The fourth-order valence-electron chi connectivity index (χ4n) is 4.29. The Balaban J connectivity index is 1.54. The molecule has 6 rings (SSSR count). The van der Waals surface area contributed by atoms with E-state index < -0.39 is 0 Å². The summed E-state index contributed by atoms with van der Waals surface area (Å²) < 4.78 is 1.20. The molecule has 4 aromatic carbocycles. The largest absolute Gasteiger partial charge is 0.246 e. The number of benzene rings is 4. The van der Waals surface area contributed by atoms with Crippen LogP contribution in [-0.4, -0.2) is 4.98 Å². The Kier molecular flexibility index (Phi) is 5.06. The zero-order valence-electron chi connectivity index (χ0n) is 18.0. The van der Waals surface area contributed by atoms with Crippen LogP contribution in [0.1, 0.15) is 0 Å². The van der Waals surface area contributed by atoms with Crippen LogP contribution in [0.4, 0.5) is 0 Å². The molecule has 2 heteroatoms. The third-order valence-corrected chi connectivity index (χ3v) is 7.09. The summed E-state index contributed by atoms with van der Waals surface area (Å²) >= 11 is 1.81. The van der Waals surface area contributed by atoms with Crippen molar-refractivity contribution in [3.8, 4) is 44.0 Å². The third kappa shape index (κ3) is 3.75. The van der Waals surface area contributed by atoms with Crippen molar-refractivity contribution in [1.29, 1.82) is 0 Å². The molecule has 0 fully saturated rings. The minimum absolute atomic E-state index is 0.995. The summed E-state index contributed by atoms with van der Waals surface area (Å²) in [6.07, 6.45) is 0. The highest BCUT2D eigenvalue weighted by Crippen LogP contribution is 2.44. The standard InChI is InChI=1S/C31H21NS/c1-4-11-22(12-5-1)25-17-10-18-26(21-25)27-19-20-28-30(32-27)29(23-13-6-2-7-14-23)31(33-28)24-15-8-3-9-16-24/h1-21H. The molecule has 0 bridgehead atoms. The Labute approximate surface area is 197 Å². The molecular formula is C31H21NS. The maximum atomic E-state index is 5.21. The van der Waals surface area contributed by atoms with Gasteiger partial charge in [0, 0.05) is 16.0 Å². The van der Waals surface area contributed by atoms with Crippen LogP contribution in [0.2, 0.25) is 0 Å². The summed E-state index contributed by atoms with van der Waals surface area (Å²) in [6, 6.07) is 44.8. The van der Waals surface area contributed by atoms with E-state index in [4.69, 9.17) is 4.98 Å². The molecule has 0 saturated carbocycles. The first-order valence-corrected chi connectivity index (χ1v) is 11.9. The zero-order valence-corrected chi connectivity index (χ0v) is 18.8. The van der Waals surface area contributed by atoms with E-state index in [0.717, 1.165) is 16.8 Å².